The van der Waals surface area contributed by atoms with Gasteiger partial charge in [-0.05, 0) is 42.4 Å². The third-order valence-electron chi connectivity index (χ3n) is 3.97. The van der Waals surface area contributed by atoms with Gasteiger partial charge in [0.05, 0.1) is 4.88 Å². The predicted molar refractivity (Wildman–Crippen MR) is 99.7 cm³/mol. The van der Waals surface area contributed by atoms with Gasteiger partial charge in [0, 0.05) is 6.04 Å². The second-order valence-electron chi connectivity index (χ2n) is 6.24. The molecular formula is C16H24N4O2S2. The molecule has 24 heavy (non-hydrogen) atoms. The number of hydrogen-bond donors (Lipinski definition) is 4. The lowest BCUT2D eigenvalue weighted by Gasteiger charge is -2.22. The molecule has 6 nitrogen and oxygen atoms in total. The highest BCUT2D eigenvalue weighted by Gasteiger charge is 2.25. The molecule has 0 spiro atoms. The van der Waals surface area contributed by atoms with E-state index >= 15 is 0 Å². The van der Waals surface area contributed by atoms with E-state index in [0.717, 1.165) is 12.8 Å². The normalized spacial score (nSPS) is 15.8. The summed E-state index contributed by atoms with van der Waals surface area (Å²) < 4.78 is 0. The van der Waals surface area contributed by atoms with Crippen LogP contribution in [0.1, 0.15) is 49.2 Å². The minimum atomic E-state index is -0.638. The van der Waals surface area contributed by atoms with E-state index in [-0.39, 0.29) is 17.7 Å². The fourth-order valence-corrected chi connectivity index (χ4v) is 3.49. The minimum Gasteiger partial charge on any atom is -0.359 e. The summed E-state index contributed by atoms with van der Waals surface area (Å²) >= 11 is 6.53. The van der Waals surface area contributed by atoms with E-state index in [9.17, 15) is 9.59 Å². The lowest BCUT2D eigenvalue weighted by molar-refractivity contribution is -0.124. The molecule has 1 fully saturated rings. The van der Waals surface area contributed by atoms with Crippen molar-refractivity contribution >= 4 is 40.5 Å². The maximum Gasteiger partial charge on any atom is 0.262 e. The number of carbonyl (C=O) groups is 2. The topological polar surface area (TPSA) is 82.3 Å². The zero-order valence-electron chi connectivity index (χ0n) is 13.9. The summed E-state index contributed by atoms with van der Waals surface area (Å²) in [6, 6.07) is 3.27. The summed E-state index contributed by atoms with van der Waals surface area (Å²) in [4.78, 5) is 25.1. The number of hydrogen-bond acceptors (Lipinski definition) is 4. The molecule has 1 saturated carbocycles. The van der Waals surface area contributed by atoms with Crippen molar-refractivity contribution in [3.05, 3.63) is 22.4 Å². The Hall–Kier alpha value is -1.67. The SMILES string of the molecule is CC(C)[C@@H](NC(=O)c1cccs1)C(=O)NNC(=S)NC1CCCC1. The first-order valence-corrected chi connectivity index (χ1v) is 9.47. The molecule has 0 saturated heterocycles. The second-order valence-corrected chi connectivity index (χ2v) is 7.60. The molecule has 1 atom stereocenters. The molecule has 0 bridgehead atoms. The van der Waals surface area contributed by atoms with Crippen LogP contribution in [0.4, 0.5) is 0 Å². The molecule has 1 heterocycles. The van der Waals surface area contributed by atoms with Crippen LogP contribution in [0.25, 0.3) is 0 Å². The van der Waals surface area contributed by atoms with Crippen LogP contribution < -0.4 is 21.5 Å². The molecular weight excluding hydrogens is 344 g/mol. The van der Waals surface area contributed by atoms with Gasteiger partial charge in [-0.3, -0.25) is 20.4 Å². The number of thiocarbonyl (C=S) groups is 1. The molecule has 8 heteroatoms. The fraction of sp³-hybridized carbons (Fsp3) is 0.562. The lowest BCUT2D eigenvalue weighted by Crippen LogP contribution is -2.56. The Morgan fingerprint density at radius 3 is 2.54 bits per heavy atom. The molecule has 1 aromatic heterocycles. The van der Waals surface area contributed by atoms with E-state index in [4.69, 9.17) is 12.2 Å². The number of nitrogens with one attached hydrogen (secondary N) is 4. The molecule has 2 rings (SSSR count). The van der Waals surface area contributed by atoms with Gasteiger partial charge < -0.3 is 10.6 Å². The summed E-state index contributed by atoms with van der Waals surface area (Å²) in [6.07, 6.45) is 4.61. The Labute approximate surface area is 151 Å². The molecule has 0 radical (unpaired) electrons. The first-order valence-electron chi connectivity index (χ1n) is 8.18. The number of thiophene rings is 1. The zero-order chi connectivity index (χ0) is 17.5. The van der Waals surface area contributed by atoms with Gasteiger partial charge in [-0.25, -0.2) is 0 Å². The van der Waals surface area contributed by atoms with Crippen molar-refractivity contribution in [2.24, 2.45) is 5.92 Å². The maximum atomic E-state index is 12.4. The maximum absolute atomic E-state index is 12.4. The van der Waals surface area contributed by atoms with E-state index in [2.05, 4.69) is 21.5 Å². The summed E-state index contributed by atoms with van der Waals surface area (Å²) in [6.45, 7) is 3.77. The van der Waals surface area contributed by atoms with Gasteiger partial charge in [-0.1, -0.05) is 32.8 Å². The third-order valence-corrected chi connectivity index (χ3v) is 5.06. The van der Waals surface area contributed by atoms with Gasteiger partial charge in [0.25, 0.3) is 11.8 Å². The average Bonchev–Trinajstić information content (AvgIpc) is 3.23. The highest BCUT2D eigenvalue weighted by molar-refractivity contribution is 7.80. The summed E-state index contributed by atoms with van der Waals surface area (Å²) in [5.41, 5.74) is 5.31. The van der Waals surface area contributed by atoms with Crippen LogP contribution in [-0.2, 0) is 4.79 Å². The first kappa shape index (κ1) is 18.7. The number of rotatable bonds is 5. The lowest BCUT2D eigenvalue weighted by atomic mass is 10.0. The number of amides is 2. The van der Waals surface area contributed by atoms with Crippen LogP contribution in [0.3, 0.4) is 0 Å². The second kappa shape index (κ2) is 8.98. The third kappa shape index (κ3) is 5.45. The number of carbonyl (C=O) groups excluding carboxylic acids is 2. The highest BCUT2D eigenvalue weighted by Crippen LogP contribution is 2.17. The van der Waals surface area contributed by atoms with Crippen molar-refractivity contribution in [1.29, 1.82) is 0 Å². The van der Waals surface area contributed by atoms with E-state index in [1.165, 1.54) is 24.2 Å². The molecule has 0 unspecified atom stereocenters. The molecule has 0 aromatic carbocycles. The molecule has 132 valence electrons. The molecule has 2 amide bonds. The van der Waals surface area contributed by atoms with Crippen LogP contribution in [0.2, 0.25) is 0 Å². The van der Waals surface area contributed by atoms with Gasteiger partial charge >= 0.3 is 0 Å². The van der Waals surface area contributed by atoms with E-state index in [1.54, 1.807) is 12.1 Å². The molecule has 4 N–H and O–H groups in total. The van der Waals surface area contributed by atoms with Crippen LogP contribution in [0.15, 0.2) is 17.5 Å². The first-order chi connectivity index (χ1) is 11.5. The Bertz CT molecular complexity index is 569. The van der Waals surface area contributed by atoms with Gasteiger partial charge in [0.1, 0.15) is 6.04 Å². The quantitative estimate of drug-likeness (QED) is 0.472. The predicted octanol–water partition coefficient (Wildman–Crippen LogP) is 1.94. The minimum absolute atomic E-state index is 0.0490. The average molecular weight is 369 g/mol. The van der Waals surface area contributed by atoms with Crippen molar-refractivity contribution in [1.82, 2.24) is 21.5 Å². The van der Waals surface area contributed by atoms with Crippen molar-refractivity contribution in [2.45, 2.75) is 51.6 Å². The summed E-state index contributed by atoms with van der Waals surface area (Å²) in [7, 11) is 0. The van der Waals surface area contributed by atoms with E-state index < -0.39 is 6.04 Å². The van der Waals surface area contributed by atoms with Crippen molar-refractivity contribution in [3.63, 3.8) is 0 Å². The fourth-order valence-electron chi connectivity index (χ4n) is 2.64. The van der Waals surface area contributed by atoms with Gasteiger partial charge in [-0.2, -0.15) is 0 Å². The molecule has 1 aromatic rings. The smallest absolute Gasteiger partial charge is 0.262 e. The van der Waals surface area contributed by atoms with Crippen LogP contribution in [0.5, 0.6) is 0 Å². The Morgan fingerprint density at radius 2 is 1.96 bits per heavy atom. The number of hydrazine groups is 1. The van der Waals surface area contributed by atoms with Gasteiger partial charge in [0.15, 0.2) is 5.11 Å². The van der Waals surface area contributed by atoms with E-state index in [1.807, 2.05) is 19.2 Å². The monoisotopic (exact) mass is 368 g/mol. The van der Waals surface area contributed by atoms with Crippen LogP contribution in [0, 0.1) is 5.92 Å². The van der Waals surface area contributed by atoms with Crippen LogP contribution in [-0.4, -0.2) is 29.0 Å². The van der Waals surface area contributed by atoms with Gasteiger partial charge in [-0.15, -0.1) is 11.3 Å². The van der Waals surface area contributed by atoms with Crippen molar-refractivity contribution in [2.75, 3.05) is 0 Å². The largest absolute Gasteiger partial charge is 0.359 e. The van der Waals surface area contributed by atoms with Crippen LogP contribution >= 0.6 is 23.6 Å². The van der Waals surface area contributed by atoms with Gasteiger partial charge in [0.2, 0.25) is 0 Å². The molecule has 0 aliphatic heterocycles. The highest BCUT2D eigenvalue weighted by atomic mass is 32.1. The molecule has 1 aliphatic carbocycles. The van der Waals surface area contributed by atoms with Crippen molar-refractivity contribution in [3.8, 4) is 0 Å². The Kier molecular flexibility index (Phi) is 6.99. The molecule has 1 aliphatic rings. The Balaban J connectivity index is 1.82. The van der Waals surface area contributed by atoms with E-state index in [0.29, 0.717) is 16.0 Å². The zero-order valence-corrected chi connectivity index (χ0v) is 15.6. The standard InChI is InChI=1S/C16H24N4O2S2/c1-10(2)13(18-14(21)12-8-5-9-24-12)15(22)19-20-16(23)17-11-6-3-4-7-11/h5,8-11,13H,3-4,6-7H2,1-2H3,(H,18,21)(H,19,22)(H2,17,20,23)/t13-/m1/s1. The van der Waals surface area contributed by atoms with Crippen molar-refractivity contribution < 1.29 is 9.59 Å². The summed E-state index contributed by atoms with van der Waals surface area (Å²) in [5.74, 6) is -0.608. The summed E-state index contributed by atoms with van der Waals surface area (Å²) in [5, 5.41) is 8.19. The Morgan fingerprint density at radius 1 is 1.25 bits per heavy atom.